The molecule has 2 aromatic carbocycles. The van der Waals surface area contributed by atoms with Gasteiger partial charge in [-0.25, -0.2) is 0 Å². The van der Waals surface area contributed by atoms with Gasteiger partial charge >= 0.3 is 0 Å². The number of hydrogen-bond acceptors (Lipinski definition) is 1. The summed E-state index contributed by atoms with van der Waals surface area (Å²) < 4.78 is 5.88. The molecule has 1 heterocycles. The third-order valence-corrected chi connectivity index (χ3v) is 5.34. The maximum atomic E-state index is 5.88. The largest absolute Gasteiger partial charge is 0.462 e. The van der Waals surface area contributed by atoms with E-state index in [2.05, 4.69) is 54.6 Å². The number of hydrogen-bond donors (Lipinski definition) is 0. The van der Waals surface area contributed by atoms with Crippen LogP contribution in [-0.2, 0) is 45.5 Å². The van der Waals surface area contributed by atoms with Crippen LogP contribution in [0.25, 0.3) is 22.8 Å². The standard InChI is InChI=1S/C23H20O.Zr/c1-15-10-11-22(24-15)19-13-18-12-17-8-5-9-20(17)23(21(18)14-19)16-6-3-2-4-7-16;/h2-4,6-7,10-12,14H,5,8-9,13H2,1H3;. The van der Waals surface area contributed by atoms with Crippen LogP contribution < -0.4 is 0 Å². The number of fused-ring (bicyclic) bond motifs is 2. The fourth-order valence-electron chi connectivity index (χ4n) is 4.26. The van der Waals surface area contributed by atoms with E-state index in [0.29, 0.717) is 0 Å². The number of allylic oxidation sites excluding steroid dienone is 1. The topological polar surface area (TPSA) is 13.1 Å². The maximum absolute atomic E-state index is 5.88. The molecule has 0 fully saturated rings. The van der Waals surface area contributed by atoms with Crippen molar-refractivity contribution in [3.05, 3.63) is 82.3 Å². The molecule has 0 saturated carbocycles. The summed E-state index contributed by atoms with van der Waals surface area (Å²) >= 11 is 0. The van der Waals surface area contributed by atoms with Gasteiger partial charge in [-0.05, 0) is 83.3 Å². The van der Waals surface area contributed by atoms with Crippen molar-refractivity contribution in [3.63, 3.8) is 0 Å². The average molecular weight is 404 g/mol. The van der Waals surface area contributed by atoms with Crippen molar-refractivity contribution in [3.8, 4) is 11.1 Å². The Morgan fingerprint density at radius 1 is 0.920 bits per heavy atom. The first-order valence-electron chi connectivity index (χ1n) is 8.80. The molecule has 3 aromatic rings. The zero-order chi connectivity index (χ0) is 16.1. The number of furan rings is 1. The van der Waals surface area contributed by atoms with E-state index < -0.39 is 0 Å². The van der Waals surface area contributed by atoms with Gasteiger partial charge < -0.3 is 4.42 Å². The minimum Gasteiger partial charge on any atom is -0.462 e. The molecule has 0 aliphatic heterocycles. The molecule has 0 amide bonds. The van der Waals surface area contributed by atoms with Crippen LogP contribution in [0.5, 0.6) is 0 Å². The molecule has 0 unspecified atom stereocenters. The first kappa shape index (κ1) is 16.8. The van der Waals surface area contributed by atoms with Crippen molar-refractivity contribution in [2.45, 2.75) is 32.6 Å². The summed E-state index contributed by atoms with van der Waals surface area (Å²) in [6.45, 7) is 2.01. The first-order chi connectivity index (χ1) is 11.8. The predicted octanol–water partition coefficient (Wildman–Crippen LogP) is 5.84. The van der Waals surface area contributed by atoms with Crippen molar-refractivity contribution >= 4 is 11.6 Å². The van der Waals surface area contributed by atoms with Crippen LogP contribution in [0.3, 0.4) is 0 Å². The van der Waals surface area contributed by atoms with Gasteiger partial charge in [-0.2, -0.15) is 0 Å². The molecule has 0 N–H and O–H groups in total. The summed E-state index contributed by atoms with van der Waals surface area (Å²) in [5.41, 5.74) is 10.1. The summed E-state index contributed by atoms with van der Waals surface area (Å²) in [5.74, 6) is 2.00. The van der Waals surface area contributed by atoms with E-state index in [1.165, 1.54) is 47.1 Å². The second-order valence-corrected chi connectivity index (χ2v) is 6.94. The van der Waals surface area contributed by atoms with E-state index in [1.54, 1.807) is 11.1 Å². The molecule has 2 aliphatic rings. The van der Waals surface area contributed by atoms with Gasteiger partial charge in [-0.15, -0.1) is 0 Å². The van der Waals surface area contributed by atoms with Crippen LogP contribution in [0, 0.1) is 6.92 Å². The molecule has 1 nitrogen and oxygen atoms in total. The van der Waals surface area contributed by atoms with Gasteiger partial charge in [0.1, 0.15) is 11.5 Å². The molecule has 0 spiro atoms. The van der Waals surface area contributed by atoms with Crippen LogP contribution in [0.2, 0.25) is 0 Å². The van der Waals surface area contributed by atoms with Crippen molar-refractivity contribution in [2.75, 3.05) is 0 Å². The third kappa shape index (κ3) is 2.81. The normalized spacial score (nSPS) is 14.7. The quantitative estimate of drug-likeness (QED) is 0.524. The second-order valence-electron chi connectivity index (χ2n) is 6.94. The zero-order valence-corrected chi connectivity index (χ0v) is 16.9. The molecule has 0 atom stereocenters. The molecule has 2 heteroatoms. The van der Waals surface area contributed by atoms with Gasteiger partial charge in [0, 0.05) is 32.6 Å². The fraction of sp³-hybridized carbons (Fsp3) is 0.217. The third-order valence-electron chi connectivity index (χ3n) is 5.34. The van der Waals surface area contributed by atoms with Crippen molar-refractivity contribution in [2.24, 2.45) is 0 Å². The molecule has 0 saturated heterocycles. The number of rotatable bonds is 2. The van der Waals surface area contributed by atoms with Crippen LogP contribution in [0.1, 0.15) is 40.2 Å². The van der Waals surface area contributed by atoms with E-state index >= 15 is 0 Å². The Morgan fingerprint density at radius 2 is 1.76 bits per heavy atom. The van der Waals surface area contributed by atoms with Crippen molar-refractivity contribution < 1.29 is 30.6 Å². The van der Waals surface area contributed by atoms with Gasteiger partial charge in [-0.1, -0.05) is 36.4 Å². The van der Waals surface area contributed by atoms with E-state index in [0.717, 1.165) is 17.9 Å². The molecule has 122 valence electrons. The smallest absolute Gasteiger partial charge is 0.130 e. The van der Waals surface area contributed by atoms with Gasteiger partial charge in [0.05, 0.1) is 0 Å². The summed E-state index contributed by atoms with van der Waals surface area (Å²) in [6, 6.07) is 17.5. The molecule has 0 radical (unpaired) electrons. The Bertz CT molecular complexity index is 963. The first-order valence-corrected chi connectivity index (χ1v) is 8.80. The van der Waals surface area contributed by atoms with Gasteiger partial charge in [-0.3, -0.25) is 0 Å². The average Bonchev–Trinajstić information content (AvgIpc) is 3.31. The van der Waals surface area contributed by atoms with Crippen LogP contribution in [0.15, 0.2) is 52.9 Å². The van der Waals surface area contributed by atoms with Crippen molar-refractivity contribution in [1.29, 1.82) is 0 Å². The Balaban J connectivity index is 0.00000157. The zero-order valence-electron chi connectivity index (χ0n) is 14.4. The van der Waals surface area contributed by atoms with E-state index in [-0.39, 0.29) is 26.2 Å². The predicted molar refractivity (Wildman–Crippen MR) is 98.9 cm³/mol. The SMILES string of the molecule is Cc1ccc(C2=Cc3c(cc4c(c3-c3ccccc3)CCC4)C2)o1.[Zr]. The van der Waals surface area contributed by atoms with Gasteiger partial charge in [0.25, 0.3) is 0 Å². The maximum Gasteiger partial charge on any atom is 0.130 e. The summed E-state index contributed by atoms with van der Waals surface area (Å²) in [6.07, 6.45) is 7.05. The monoisotopic (exact) mass is 402 g/mol. The molecule has 1 aromatic heterocycles. The molecule has 0 bridgehead atoms. The van der Waals surface area contributed by atoms with E-state index in [9.17, 15) is 0 Å². The number of aryl methyl sites for hydroxylation is 2. The molecule has 25 heavy (non-hydrogen) atoms. The minimum atomic E-state index is 0. The Kier molecular flexibility index (Phi) is 4.42. The van der Waals surface area contributed by atoms with Crippen molar-refractivity contribution in [1.82, 2.24) is 0 Å². The molecule has 2 aliphatic carbocycles. The minimum absolute atomic E-state index is 0. The summed E-state index contributed by atoms with van der Waals surface area (Å²) in [5, 5.41) is 0. The number of benzene rings is 2. The molecular formula is C23H20OZr. The second kappa shape index (κ2) is 6.58. The fourth-order valence-corrected chi connectivity index (χ4v) is 4.26. The Morgan fingerprint density at radius 3 is 2.52 bits per heavy atom. The Hall–Kier alpha value is -1.66. The van der Waals surface area contributed by atoms with E-state index in [4.69, 9.17) is 4.42 Å². The molecular weight excluding hydrogens is 383 g/mol. The summed E-state index contributed by atoms with van der Waals surface area (Å²) in [7, 11) is 0. The van der Waals surface area contributed by atoms with Gasteiger partial charge in [0.2, 0.25) is 0 Å². The summed E-state index contributed by atoms with van der Waals surface area (Å²) in [4.78, 5) is 0. The van der Waals surface area contributed by atoms with Gasteiger partial charge in [0.15, 0.2) is 0 Å². The van der Waals surface area contributed by atoms with Crippen LogP contribution in [0.4, 0.5) is 0 Å². The van der Waals surface area contributed by atoms with Crippen LogP contribution >= 0.6 is 0 Å². The molecule has 5 rings (SSSR count). The van der Waals surface area contributed by atoms with Crippen LogP contribution in [-0.4, -0.2) is 0 Å². The van der Waals surface area contributed by atoms with E-state index in [1.807, 2.05) is 6.92 Å². The Labute approximate surface area is 167 Å².